The number of likely N-dealkylation sites (tertiary alicyclic amines) is 1. The van der Waals surface area contributed by atoms with Gasteiger partial charge in [0.15, 0.2) is 4.90 Å². The van der Waals surface area contributed by atoms with E-state index in [9.17, 15) is 23.6 Å². The number of nitro benzene ring substituents is 1. The first-order valence-corrected chi connectivity index (χ1v) is 12.0. The summed E-state index contributed by atoms with van der Waals surface area (Å²) in [6, 6.07) is 13.0. The molecule has 2 aliphatic rings. The summed E-state index contributed by atoms with van der Waals surface area (Å²) in [5.41, 5.74) is 0.0921. The summed E-state index contributed by atoms with van der Waals surface area (Å²) < 4.78 is 28.6. The minimum atomic E-state index is -4.03. The number of hydrogen-bond acceptors (Lipinski definition) is 6. The molecule has 2 aromatic rings. The van der Waals surface area contributed by atoms with Crippen molar-refractivity contribution in [3.63, 3.8) is 0 Å². The van der Waals surface area contributed by atoms with Crippen LogP contribution in [0.5, 0.6) is 0 Å². The Kier molecular flexibility index (Phi) is 5.78. The quantitative estimate of drug-likeness (QED) is 0.351. The van der Waals surface area contributed by atoms with Crippen molar-refractivity contribution in [3.8, 4) is 0 Å². The van der Waals surface area contributed by atoms with Crippen LogP contribution in [0.4, 0.5) is 5.69 Å². The fourth-order valence-corrected chi connectivity index (χ4v) is 6.89. The molecule has 164 valence electrons. The molecule has 0 unspecified atom stereocenters. The second-order valence-corrected chi connectivity index (χ2v) is 10.6. The maximum absolute atomic E-state index is 13.2. The van der Waals surface area contributed by atoms with E-state index in [4.69, 9.17) is 0 Å². The van der Waals surface area contributed by atoms with Gasteiger partial charge in [-0.25, -0.2) is 8.42 Å². The minimum absolute atomic E-state index is 0.0623. The molecule has 0 amide bonds. The summed E-state index contributed by atoms with van der Waals surface area (Å²) in [6.07, 6.45) is 1.74. The van der Waals surface area contributed by atoms with E-state index in [1.807, 2.05) is 24.3 Å². The molecule has 31 heavy (non-hydrogen) atoms. The monoisotopic (exact) mass is 507 g/mol. The fourth-order valence-electron chi connectivity index (χ4n) is 4.91. The van der Waals surface area contributed by atoms with Gasteiger partial charge in [-0.3, -0.25) is 15.0 Å². The highest BCUT2D eigenvalue weighted by Gasteiger charge is 2.67. The highest BCUT2D eigenvalue weighted by Crippen LogP contribution is 2.54. The lowest BCUT2D eigenvalue weighted by Crippen LogP contribution is -2.84. The molecule has 2 saturated heterocycles. The molecule has 10 heteroatoms. The molecule has 8 nitrogen and oxygen atoms in total. The number of nitro groups is 1. The van der Waals surface area contributed by atoms with E-state index in [2.05, 4.69) is 27.4 Å². The molecule has 0 bridgehead atoms. The third-order valence-corrected chi connectivity index (χ3v) is 8.63. The van der Waals surface area contributed by atoms with Gasteiger partial charge >= 0.3 is 0 Å². The van der Waals surface area contributed by atoms with E-state index < -0.39 is 26.2 Å². The predicted molar refractivity (Wildman–Crippen MR) is 119 cm³/mol. The lowest BCUT2D eigenvalue weighted by atomic mass is 9.61. The van der Waals surface area contributed by atoms with Crippen molar-refractivity contribution in [3.05, 3.63) is 81.3 Å². The first kappa shape index (κ1) is 22.1. The second-order valence-electron chi connectivity index (χ2n) is 7.82. The van der Waals surface area contributed by atoms with Crippen LogP contribution in [-0.4, -0.2) is 65.5 Å². The second kappa shape index (κ2) is 8.10. The Bertz CT molecular complexity index is 1120. The van der Waals surface area contributed by atoms with Crippen molar-refractivity contribution in [2.45, 2.75) is 22.4 Å². The third kappa shape index (κ3) is 3.42. The molecule has 2 aromatic carbocycles. The van der Waals surface area contributed by atoms with Crippen molar-refractivity contribution in [2.24, 2.45) is 0 Å². The van der Waals surface area contributed by atoms with Crippen molar-refractivity contribution in [1.82, 2.24) is 9.21 Å². The molecule has 2 fully saturated rings. The van der Waals surface area contributed by atoms with Gasteiger partial charge in [-0.15, -0.1) is 6.58 Å². The van der Waals surface area contributed by atoms with Crippen LogP contribution in [0.2, 0.25) is 0 Å². The number of benzene rings is 2. The molecule has 1 N–H and O–H groups in total. The SMILES string of the molecule is C=CCN1[C@@H](CO)[C@@H](c2ccc(Br)cc2)C12CN(S(=O)(=O)c1ccccc1[N+](=O)[O-])C2. The predicted octanol–water partition coefficient (Wildman–Crippen LogP) is 2.75. The van der Waals surface area contributed by atoms with E-state index in [1.54, 1.807) is 6.08 Å². The van der Waals surface area contributed by atoms with Crippen LogP contribution in [0.3, 0.4) is 0 Å². The van der Waals surface area contributed by atoms with Gasteiger partial charge < -0.3 is 5.11 Å². The van der Waals surface area contributed by atoms with Crippen molar-refractivity contribution in [2.75, 3.05) is 26.2 Å². The number of aliphatic hydroxyl groups is 1. The Morgan fingerprint density at radius 1 is 1.23 bits per heavy atom. The maximum atomic E-state index is 13.2. The van der Waals surface area contributed by atoms with Gasteiger partial charge in [0, 0.05) is 42.1 Å². The van der Waals surface area contributed by atoms with Gasteiger partial charge in [0.25, 0.3) is 5.69 Å². The van der Waals surface area contributed by atoms with Gasteiger partial charge in [0.2, 0.25) is 10.0 Å². The molecule has 1 spiro atoms. The summed E-state index contributed by atoms with van der Waals surface area (Å²) >= 11 is 3.43. The Morgan fingerprint density at radius 2 is 1.87 bits per heavy atom. The van der Waals surface area contributed by atoms with Gasteiger partial charge in [-0.2, -0.15) is 4.31 Å². The molecule has 4 rings (SSSR count). The van der Waals surface area contributed by atoms with E-state index in [0.29, 0.717) is 6.54 Å². The van der Waals surface area contributed by atoms with Crippen molar-refractivity contribution >= 4 is 31.6 Å². The smallest absolute Gasteiger partial charge is 0.289 e. The Morgan fingerprint density at radius 3 is 2.45 bits per heavy atom. The van der Waals surface area contributed by atoms with Gasteiger partial charge in [-0.1, -0.05) is 46.3 Å². The molecule has 0 radical (unpaired) electrons. The zero-order valence-corrected chi connectivity index (χ0v) is 19.0. The first-order valence-electron chi connectivity index (χ1n) is 9.74. The highest BCUT2D eigenvalue weighted by molar-refractivity contribution is 9.10. The number of hydrogen-bond donors (Lipinski definition) is 1. The summed E-state index contributed by atoms with van der Waals surface area (Å²) in [4.78, 5) is 12.4. The van der Waals surface area contributed by atoms with Crippen LogP contribution in [0, 0.1) is 10.1 Å². The maximum Gasteiger partial charge on any atom is 0.289 e. The van der Waals surface area contributed by atoms with Crippen LogP contribution in [0.15, 0.2) is 70.6 Å². The molecular formula is C21H22BrN3O5S. The summed E-state index contributed by atoms with van der Waals surface area (Å²) in [5.74, 6) is -0.0669. The normalized spacial score (nSPS) is 23.2. The van der Waals surface area contributed by atoms with Gasteiger partial charge in [0.1, 0.15) is 0 Å². The average Bonchev–Trinajstić information content (AvgIpc) is 2.71. The number of nitrogens with zero attached hydrogens (tertiary/aromatic N) is 3. The van der Waals surface area contributed by atoms with E-state index in [1.165, 1.54) is 28.6 Å². The lowest BCUT2D eigenvalue weighted by molar-refractivity contribution is -0.387. The Labute approximate surface area is 189 Å². The number of aliphatic hydroxyl groups excluding tert-OH is 1. The number of halogens is 1. The molecule has 0 aliphatic carbocycles. The summed E-state index contributed by atoms with van der Waals surface area (Å²) in [7, 11) is -4.03. The Balaban J connectivity index is 1.67. The Hall–Kier alpha value is -2.11. The van der Waals surface area contributed by atoms with Crippen LogP contribution < -0.4 is 0 Å². The molecule has 2 aliphatic heterocycles. The molecule has 2 heterocycles. The number of rotatable bonds is 7. The van der Waals surface area contributed by atoms with E-state index in [0.717, 1.165) is 10.0 Å². The largest absolute Gasteiger partial charge is 0.395 e. The van der Waals surface area contributed by atoms with Crippen LogP contribution in [0.1, 0.15) is 11.5 Å². The zero-order chi connectivity index (χ0) is 22.4. The lowest BCUT2D eigenvalue weighted by Gasteiger charge is -2.70. The third-order valence-electron chi connectivity index (χ3n) is 6.26. The van der Waals surface area contributed by atoms with E-state index in [-0.39, 0.29) is 36.6 Å². The van der Waals surface area contributed by atoms with Crippen LogP contribution >= 0.6 is 15.9 Å². The number of para-hydroxylation sites is 1. The highest BCUT2D eigenvalue weighted by atomic mass is 79.9. The van der Waals surface area contributed by atoms with Crippen LogP contribution in [0.25, 0.3) is 0 Å². The molecular weight excluding hydrogens is 486 g/mol. The summed E-state index contributed by atoms with van der Waals surface area (Å²) in [5, 5.41) is 21.4. The van der Waals surface area contributed by atoms with Gasteiger partial charge in [0.05, 0.1) is 17.1 Å². The molecule has 2 atom stereocenters. The average molecular weight is 508 g/mol. The number of sulfonamides is 1. The molecule has 0 saturated carbocycles. The van der Waals surface area contributed by atoms with Crippen molar-refractivity contribution < 1.29 is 18.4 Å². The van der Waals surface area contributed by atoms with Gasteiger partial charge in [-0.05, 0) is 23.8 Å². The van der Waals surface area contributed by atoms with Crippen molar-refractivity contribution in [1.29, 1.82) is 0 Å². The molecule has 0 aromatic heterocycles. The van der Waals surface area contributed by atoms with E-state index >= 15 is 0 Å². The first-order chi connectivity index (χ1) is 14.8. The van der Waals surface area contributed by atoms with Crippen LogP contribution in [-0.2, 0) is 10.0 Å². The topological polar surface area (TPSA) is 104 Å². The fraction of sp³-hybridized carbons (Fsp3) is 0.333. The summed E-state index contributed by atoms with van der Waals surface area (Å²) in [6.45, 7) is 4.62. The zero-order valence-electron chi connectivity index (χ0n) is 16.6. The minimum Gasteiger partial charge on any atom is -0.395 e. The standard InChI is InChI=1S/C21H22BrN3O5S/c1-2-11-24-18(12-26)20(15-7-9-16(22)10-8-15)21(24)13-23(14-21)31(29,30)19-6-4-3-5-17(19)25(27)28/h2-10,18,20,26H,1,11-14H2/t18-,20+/m0/s1.